The third-order valence-electron chi connectivity index (χ3n) is 2.51. The van der Waals surface area contributed by atoms with Gasteiger partial charge in [0.1, 0.15) is 5.82 Å². The minimum Gasteiger partial charge on any atom is -0.384 e. The summed E-state index contributed by atoms with van der Waals surface area (Å²) in [6.45, 7) is 10.5. The van der Waals surface area contributed by atoms with Crippen LogP contribution in [0.4, 0.5) is 10.1 Å². The average Bonchev–Trinajstić information content (AvgIpc) is 2.17. The highest BCUT2D eigenvalue weighted by Crippen LogP contribution is 2.23. The van der Waals surface area contributed by atoms with Crippen LogP contribution in [0.15, 0.2) is 12.1 Å². The highest BCUT2D eigenvalue weighted by atomic mass is 19.1. The van der Waals surface area contributed by atoms with Gasteiger partial charge in [-0.15, -0.1) is 0 Å². The van der Waals surface area contributed by atoms with Crippen molar-refractivity contribution in [3.05, 3.63) is 29.1 Å². The summed E-state index contributed by atoms with van der Waals surface area (Å²) in [5.74, 6) is -0.230. The summed E-state index contributed by atoms with van der Waals surface area (Å²) < 4.78 is 13.5. The molecule has 3 heteroatoms. The Morgan fingerprint density at radius 1 is 1.35 bits per heavy atom. The maximum Gasteiger partial charge on any atom is 0.128 e. The summed E-state index contributed by atoms with van der Waals surface area (Å²) in [6.07, 6.45) is 0. The van der Waals surface area contributed by atoms with Crippen molar-refractivity contribution in [3.63, 3.8) is 0 Å². The Balaban J connectivity index is 3.05. The first kappa shape index (κ1) is 13.7. The van der Waals surface area contributed by atoms with Crippen molar-refractivity contribution in [1.82, 2.24) is 0 Å². The Morgan fingerprint density at radius 3 is 2.41 bits per heavy atom. The molecule has 0 unspecified atom stereocenters. The van der Waals surface area contributed by atoms with E-state index in [-0.39, 0.29) is 11.2 Å². The van der Waals surface area contributed by atoms with E-state index in [2.05, 4.69) is 26.1 Å². The predicted octanol–water partition coefficient (Wildman–Crippen LogP) is 3.98. The molecule has 0 aliphatic heterocycles. The Hall–Kier alpha value is -1.38. The van der Waals surface area contributed by atoms with Gasteiger partial charge in [0.05, 0.1) is 0 Å². The average molecular weight is 236 g/mol. The number of nitrogens with one attached hydrogen (secondary N) is 2. The van der Waals surface area contributed by atoms with E-state index < -0.39 is 0 Å². The molecule has 2 nitrogen and oxygen atoms in total. The molecule has 0 fully saturated rings. The highest BCUT2D eigenvalue weighted by molar-refractivity contribution is 6.01. The van der Waals surface area contributed by atoms with Crippen LogP contribution in [0.3, 0.4) is 0 Å². The molecule has 0 amide bonds. The van der Waals surface area contributed by atoms with Gasteiger partial charge in [0, 0.05) is 23.5 Å². The molecule has 0 aliphatic carbocycles. The molecular formula is C14H21FN2. The molecule has 0 heterocycles. The van der Waals surface area contributed by atoms with Gasteiger partial charge < -0.3 is 10.7 Å². The summed E-state index contributed by atoms with van der Waals surface area (Å²) in [6, 6.07) is 3.21. The molecule has 0 bridgehead atoms. The van der Waals surface area contributed by atoms with Crippen LogP contribution in [0.25, 0.3) is 0 Å². The number of hydrogen-bond donors (Lipinski definition) is 2. The fourth-order valence-corrected chi connectivity index (χ4v) is 1.50. The molecule has 2 N–H and O–H groups in total. The van der Waals surface area contributed by atoms with Crippen molar-refractivity contribution in [1.29, 1.82) is 5.41 Å². The van der Waals surface area contributed by atoms with E-state index in [4.69, 9.17) is 5.41 Å². The summed E-state index contributed by atoms with van der Waals surface area (Å²) in [4.78, 5) is 0. The lowest BCUT2D eigenvalue weighted by Gasteiger charge is -2.21. The maximum atomic E-state index is 13.5. The van der Waals surface area contributed by atoms with Crippen LogP contribution in [0, 0.1) is 23.6 Å². The molecule has 17 heavy (non-hydrogen) atoms. The first-order valence-electron chi connectivity index (χ1n) is 5.80. The minimum atomic E-state index is -0.230. The molecule has 0 saturated carbocycles. The quantitative estimate of drug-likeness (QED) is 0.765. The van der Waals surface area contributed by atoms with Gasteiger partial charge in [0.2, 0.25) is 0 Å². The zero-order valence-electron chi connectivity index (χ0n) is 11.2. The van der Waals surface area contributed by atoms with E-state index in [1.807, 2.05) is 0 Å². The monoisotopic (exact) mass is 236 g/mol. The Bertz CT molecular complexity index is 431. The van der Waals surface area contributed by atoms with Crippen LogP contribution in [0.1, 0.15) is 38.8 Å². The molecule has 0 spiro atoms. The zero-order chi connectivity index (χ0) is 13.2. The van der Waals surface area contributed by atoms with Crippen LogP contribution in [-0.2, 0) is 0 Å². The van der Waals surface area contributed by atoms with Crippen LogP contribution in [-0.4, -0.2) is 12.3 Å². The number of rotatable bonds is 3. The zero-order valence-corrected chi connectivity index (χ0v) is 11.2. The molecule has 94 valence electrons. The van der Waals surface area contributed by atoms with Crippen LogP contribution < -0.4 is 5.32 Å². The predicted molar refractivity (Wildman–Crippen MR) is 71.6 cm³/mol. The van der Waals surface area contributed by atoms with Gasteiger partial charge in [-0.05, 0) is 37.0 Å². The summed E-state index contributed by atoms with van der Waals surface area (Å²) in [5, 5.41) is 10.9. The van der Waals surface area contributed by atoms with Gasteiger partial charge in [0.25, 0.3) is 0 Å². The molecule has 1 aromatic carbocycles. The number of aryl methyl sites for hydroxylation is 1. The second-order valence-electron chi connectivity index (χ2n) is 5.69. The van der Waals surface area contributed by atoms with Gasteiger partial charge in [-0.25, -0.2) is 4.39 Å². The van der Waals surface area contributed by atoms with Gasteiger partial charge in [-0.2, -0.15) is 0 Å². The third-order valence-corrected chi connectivity index (χ3v) is 2.51. The third kappa shape index (κ3) is 3.84. The lowest BCUT2D eigenvalue weighted by Crippen LogP contribution is -2.20. The minimum absolute atomic E-state index is 0.120. The Morgan fingerprint density at radius 2 is 1.94 bits per heavy atom. The number of halogens is 1. The molecule has 0 radical (unpaired) electrons. The van der Waals surface area contributed by atoms with Crippen molar-refractivity contribution < 1.29 is 4.39 Å². The van der Waals surface area contributed by atoms with Crippen molar-refractivity contribution in [2.45, 2.75) is 34.6 Å². The number of anilines is 1. The number of benzene rings is 1. The molecule has 1 aromatic rings. The molecule has 0 atom stereocenters. The van der Waals surface area contributed by atoms with E-state index in [1.165, 1.54) is 6.07 Å². The SMILES string of the molecule is CC(=N)c1cc(C)c(F)cc1NCC(C)(C)C. The summed E-state index contributed by atoms with van der Waals surface area (Å²) in [5.41, 5.74) is 2.62. The lowest BCUT2D eigenvalue weighted by molar-refractivity contribution is 0.443. The van der Waals surface area contributed by atoms with Crippen LogP contribution in [0.5, 0.6) is 0 Å². The van der Waals surface area contributed by atoms with Crippen molar-refractivity contribution in [3.8, 4) is 0 Å². The van der Waals surface area contributed by atoms with Gasteiger partial charge in [0.15, 0.2) is 0 Å². The van der Waals surface area contributed by atoms with E-state index >= 15 is 0 Å². The van der Waals surface area contributed by atoms with Gasteiger partial charge >= 0.3 is 0 Å². The molecule has 0 saturated heterocycles. The van der Waals surface area contributed by atoms with Gasteiger partial charge in [-0.1, -0.05) is 20.8 Å². The first-order valence-corrected chi connectivity index (χ1v) is 5.80. The second kappa shape index (κ2) is 4.86. The Kier molecular flexibility index (Phi) is 3.91. The van der Waals surface area contributed by atoms with Crippen molar-refractivity contribution in [2.75, 3.05) is 11.9 Å². The van der Waals surface area contributed by atoms with E-state index in [0.717, 1.165) is 12.1 Å². The summed E-state index contributed by atoms with van der Waals surface area (Å²) >= 11 is 0. The fraction of sp³-hybridized carbons (Fsp3) is 0.500. The largest absolute Gasteiger partial charge is 0.384 e. The van der Waals surface area contributed by atoms with Crippen LogP contribution >= 0.6 is 0 Å². The highest BCUT2D eigenvalue weighted by Gasteiger charge is 2.13. The lowest BCUT2D eigenvalue weighted by atomic mass is 9.96. The molecule has 1 rings (SSSR count). The standard InChI is InChI=1S/C14H21FN2/c1-9-6-11(10(2)16)13(7-12(9)15)17-8-14(3,4)5/h6-7,16-17H,8H2,1-5H3. The number of hydrogen-bond acceptors (Lipinski definition) is 2. The first-order chi connectivity index (χ1) is 7.70. The fourth-order valence-electron chi connectivity index (χ4n) is 1.50. The summed E-state index contributed by atoms with van der Waals surface area (Å²) in [7, 11) is 0. The van der Waals surface area contributed by atoms with Crippen molar-refractivity contribution >= 4 is 11.4 Å². The second-order valence-corrected chi connectivity index (χ2v) is 5.69. The van der Waals surface area contributed by atoms with Crippen LogP contribution in [0.2, 0.25) is 0 Å². The molecule has 0 aromatic heterocycles. The topological polar surface area (TPSA) is 35.9 Å². The van der Waals surface area contributed by atoms with Gasteiger partial charge in [-0.3, -0.25) is 0 Å². The maximum absolute atomic E-state index is 13.5. The Labute approximate surface area is 103 Å². The van der Waals surface area contributed by atoms with E-state index in [0.29, 0.717) is 17.0 Å². The van der Waals surface area contributed by atoms with E-state index in [1.54, 1.807) is 19.9 Å². The normalized spacial score (nSPS) is 11.4. The van der Waals surface area contributed by atoms with Crippen molar-refractivity contribution in [2.24, 2.45) is 5.41 Å². The smallest absolute Gasteiger partial charge is 0.128 e. The van der Waals surface area contributed by atoms with E-state index in [9.17, 15) is 4.39 Å². The molecular weight excluding hydrogens is 215 g/mol. The molecule has 0 aliphatic rings.